The molecule has 3 rings (SSSR count). The van der Waals surface area contributed by atoms with E-state index in [9.17, 15) is 4.79 Å². The minimum absolute atomic E-state index is 0.115. The van der Waals surface area contributed by atoms with Crippen LogP contribution in [0.4, 0.5) is 0 Å². The van der Waals surface area contributed by atoms with Gasteiger partial charge < -0.3 is 0 Å². The molecule has 0 spiro atoms. The molecular weight excluding hydrogens is 326 g/mol. The maximum atomic E-state index is 12.7. The van der Waals surface area contributed by atoms with Crippen LogP contribution in [0.5, 0.6) is 0 Å². The number of nitrogens with zero attached hydrogens (tertiary/aromatic N) is 1. The van der Waals surface area contributed by atoms with E-state index in [2.05, 4.69) is 28.1 Å². The van der Waals surface area contributed by atoms with Crippen LogP contribution in [-0.4, -0.2) is 5.78 Å². The Kier molecular flexibility index (Phi) is 3.84. The van der Waals surface area contributed by atoms with Gasteiger partial charge in [-0.2, -0.15) is 4.57 Å². The molecule has 0 radical (unpaired) electrons. The van der Waals surface area contributed by atoms with E-state index in [4.69, 9.17) is 0 Å². The second-order valence-corrected chi connectivity index (χ2v) is 5.94. The zero-order valence-corrected chi connectivity index (χ0v) is 13.2. The number of fused-ring (bicyclic) bond motifs is 1. The van der Waals surface area contributed by atoms with Crippen LogP contribution in [0.2, 0.25) is 0 Å². The zero-order chi connectivity index (χ0) is 14.8. The summed E-state index contributed by atoms with van der Waals surface area (Å²) in [5, 5.41) is 1.13. The summed E-state index contributed by atoms with van der Waals surface area (Å²) < 4.78 is 3.00. The molecule has 0 aliphatic carbocycles. The van der Waals surface area contributed by atoms with Crippen molar-refractivity contribution in [1.29, 1.82) is 0 Å². The number of benzene rings is 2. The molecule has 21 heavy (non-hydrogen) atoms. The van der Waals surface area contributed by atoms with Gasteiger partial charge in [0.25, 0.3) is 0 Å². The van der Waals surface area contributed by atoms with E-state index >= 15 is 0 Å². The van der Waals surface area contributed by atoms with Crippen LogP contribution in [0.25, 0.3) is 10.9 Å². The molecule has 3 aromatic rings. The summed E-state index contributed by atoms with van der Waals surface area (Å²) in [5.74, 6) is 0.115. The van der Waals surface area contributed by atoms with Crippen LogP contribution in [0.15, 0.2) is 71.3 Å². The Morgan fingerprint density at radius 1 is 1.00 bits per heavy atom. The topological polar surface area (TPSA) is 20.9 Å². The Morgan fingerprint density at radius 2 is 1.67 bits per heavy atom. The Hall–Kier alpha value is -2.00. The number of Topliss-reactive ketones (excluding diaryl/α,β-unsaturated/α-hetero) is 1. The van der Waals surface area contributed by atoms with Gasteiger partial charge in [0.05, 0.1) is 0 Å². The van der Waals surface area contributed by atoms with Crippen LogP contribution in [-0.2, 0) is 0 Å². The second-order valence-electron chi connectivity index (χ2n) is 5.02. The molecule has 0 fully saturated rings. The second kappa shape index (κ2) is 5.78. The molecule has 1 aromatic heterocycles. The van der Waals surface area contributed by atoms with E-state index < -0.39 is 0 Å². The molecule has 2 aromatic carbocycles. The first-order valence-corrected chi connectivity index (χ1v) is 7.65. The molecule has 0 aliphatic heterocycles. The van der Waals surface area contributed by atoms with Gasteiger partial charge in [0.1, 0.15) is 0 Å². The lowest BCUT2D eigenvalue weighted by molar-refractivity contribution is -0.679. The predicted molar refractivity (Wildman–Crippen MR) is 87.3 cm³/mol. The summed E-state index contributed by atoms with van der Waals surface area (Å²) in [6.45, 7) is 1.94. The van der Waals surface area contributed by atoms with Crippen molar-refractivity contribution in [2.45, 2.75) is 13.0 Å². The maximum absolute atomic E-state index is 12.7. The van der Waals surface area contributed by atoms with E-state index in [1.165, 1.54) is 0 Å². The monoisotopic (exact) mass is 340 g/mol. The molecule has 1 heterocycles. The highest BCUT2D eigenvalue weighted by atomic mass is 79.9. The molecule has 0 N–H and O–H groups in total. The molecule has 0 saturated carbocycles. The number of aromatic nitrogens is 1. The molecule has 104 valence electrons. The lowest BCUT2D eigenvalue weighted by atomic mass is 10.0. The summed E-state index contributed by atoms with van der Waals surface area (Å²) in [7, 11) is 0. The van der Waals surface area contributed by atoms with Crippen LogP contribution < -0.4 is 4.57 Å². The molecule has 1 atom stereocenters. The highest BCUT2D eigenvalue weighted by Gasteiger charge is 2.25. The number of carbonyl (C=O) groups excluding carboxylic acids is 1. The Morgan fingerprint density at radius 3 is 2.43 bits per heavy atom. The molecule has 0 unspecified atom stereocenters. The third kappa shape index (κ3) is 2.74. The highest BCUT2D eigenvalue weighted by molar-refractivity contribution is 9.10. The van der Waals surface area contributed by atoms with Crippen molar-refractivity contribution >= 4 is 32.6 Å². The molecule has 0 saturated heterocycles. The summed E-state index contributed by atoms with van der Waals surface area (Å²) in [4.78, 5) is 12.7. The van der Waals surface area contributed by atoms with Gasteiger partial charge in [-0.15, -0.1) is 0 Å². The normalized spacial score (nSPS) is 12.3. The van der Waals surface area contributed by atoms with Gasteiger partial charge in [0.15, 0.2) is 6.20 Å². The first kappa shape index (κ1) is 14.0. The van der Waals surface area contributed by atoms with E-state index in [-0.39, 0.29) is 11.8 Å². The SMILES string of the molecule is C[C@H](C(=O)c1ccc(Br)cc1)[n+]1cccc2ccccc21. The third-order valence-corrected chi connectivity index (χ3v) is 4.19. The number of hydrogen-bond donors (Lipinski definition) is 0. The van der Waals surface area contributed by atoms with Crippen molar-refractivity contribution in [1.82, 2.24) is 0 Å². The molecular formula is C18H15BrNO+. The van der Waals surface area contributed by atoms with E-state index in [1.807, 2.05) is 66.2 Å². The average Bonchev–Trinajstić information content (AvgIpc) is 2.53. The lowest BCUT2D eigenvalue weighted by Crippen LogP contribution is -2.42. The maximum Gasteiger partial charge on any atom is 0.230 e. The Labute approximate surface area is 132 Å². The fourth-order valence-electron chi connectivity index (χ4n) is 2.50. The summed E-state index contributed by atoms with van der Waals surface area (Å²) in [6, 6.07) is 19.4. The van der Waals surface area contributed by atoms with E-state index in [0.717, 1.165) is 20.9 Å². The molecule has 0 bridgehead atoms. The quantitative estimate of drug-likeness (QED) is 0.513. The van der Waals surface area contributed by atoms with Gasteiger partial charge in [-0.1, -0.05) is 40.2 Å². The standard InChI is InChI=1S/C18H15BrNO/c1-13(18(21)15-8-10-16(19)11-9-15)20-12-4-6-14-5-2-3-7-17(14)20/h2-13H,1H3/q+1/t13-/m1/s1. The lowest BCUT2D eigenvalue weighted by Gasteiger charge is -2.09. The van der Waals surface area contributed by atoms with Gasteiger partial charge >= 0.3 is 0 Å². The average molecular weight is 341 g/mol. The van der Waals surface area contributed by atoms with Crippen molar-refractivity contribution < 1.29 is 9.36 Å². The van der Waals surface area contributed by atoms with Crippen molar-refractivity contribution in [3.05, 3.63) is 76.9 Å². The number of rotatable bonds is 3. The van der Waals surface area contributed by atoms with Gasteiger partial charge in [0, 0.05) is 34.5 Å². The van der Waals surface area contributed by atoms with Crippen LogP contribution in [0.1, 0.15) is 23.3 Å². The van der Waals surface area contributed by atoms with Crippen LogP contribution in [0, 0.1) is 0 Å². The van der Waals surface area contributed by atoms with Crippen molar-refractivity contribution in [2.75, 3.05) is 0 Å². The van der Waals surface area contributed by atoms with E-state index in [1.54, 1.807) is 0 Å². The largest absolute Gasteiger partial charge is 0.287 e. The van der Waals surface area contributed by atoms with Crippen molar-refractivity contribution in [3.8, 4) is 0 Å². The number of hydrogen-bond acceptors (Lipinski definition) is 1. The molecule has 2 nitrogen and oxygen atoms in total. The van der Waals surface area contributed by atoms with Gasteiger partial charge in [-0.05, 0) is 24.3 Å². The van der Waals surface area contributed by atoms with E-state index in [0.29, 0.717) is 0 Å². The number of ketones is 1. The van der Waals surface area contributed by atoms with Crippen molar-refractivity contribution in [3.63, 3.8) is 0 Å². The first-order chi connectivity index (χ1) is 10.2. The fraction of sp³-hybridized carbons (Fsp3) is 0.111. The zero-order valence-electron chi connectivity index (χ0n) is 11.7. The molecule has 0 aliphatic rings. The fourth-order valence-corrected chi connectivity index (χ4v) is 2.77. The smallest absolute Gasteiger partial charge is 0.230 e. The molecule has 3 heteroatoms. The minimum atomic E-state index is -0.239. The number of carbonyl (C=O) groups is 1. The van der Waals surface area contributed by atoms with Gasteiger partial charge in [-0.3, -0.25) is 4.79 Å². The molecule has 0 amide bonds. The number of halogens is 1. The van der Waals surface area contributed by atoms with Crippen LogP contribution >= 0.6 is 15.9 Å². The Balaban J connectivity index is 2.02. The minimum Gasteiger partial charge on any atom is -0.287 e. The highest BCUT2D eigenvalue weighted by Crippen LogP contribution is 2.16. The predicted octanol–water partition coefficient (Wildman–Crippen LogP) is 4.33. The number of para-hydroxylation sites is 1. The van der Waals surface area contributed by atoms with Gasteiger partial charge in [-0.25, -0.2) is 0 Å². The van der Waals surface area contributed by atoms with Gasteiger partial charge in [0.2, 0.25) is 17.3 Å². The summed E-state index contributed by atoms with van der Waals surface area (Å²) in [5.41, 5.74) is 1.80. The number of pyridine rings is 1. The first-order valence-electron chi connectivity index (χ1n) is 6.85. The summed E-state index contributed by atoms with van der Waals surface area (Å²) >= 11 is 3.39. The third-order valence-electron chi connectivity index (χ3n) is 3.66. The van der Waals surface area contributed by atoms with Crippen LogP contribution in [0.3, 0.4) is 0 Å². The summed E-state index contributed by atoms with van der Waals surface area (Å²) in [6.07, 6.45) is 1.96. The Bertz CT molecular complexity index is 790. The van der Waals surface area contributed by atoms with Crippen molar-refractivity contribution in [2.24, 2.45) is 0 Å².